The van der Waals surface area contributed by atoms with E-state index in [9.17, 15) is 9.90 Å². The molecule has 0 atom stereocenters. The van der Waals surface area contributed by atoms with E-state index in [1.54, 1.807) is 0 Å². The second-order valence-corrected chi connectivity index (χ2v) is 7.58. The molecule has 4 rings (SSSR count). The molecule has 1 aliphatic heterocycles. The molecule has 0 aliphatic carbocycles. The van der Waals surface area contributed by atoms with Crippen molar-refractivity contribution in [3.63, 3.8) is 0 Å². The van der Waals surface area contributed by atoms with Crippen LogP contribution in [0.4, 0.5) is 0 Å². The third-order valence-electron chi connectivity index (χ3n) is 5.01. The molecule has 0 bridgehead atoms. The zero-order valence-corrected chi connectivity index (χ0v) is 16.5. The molecule has 0 amide bonds. The maximum absolute atomic E-state index is 12.8. The molecule has 1 aromatic heterocycles. The van der Waals surface area contributed by atoms with E-state index < -0.39 is 0 Å². The number of aliphatic hydroxyl groups is 1. The molecule has 1 saturated heterocycles. The zero-order valence-electron chi connectivity index (χ0n) is 14.9. The second-order valence-electron chi connectivity index (χ2n) is 6.73. The van der Waals surface area contributed by atoms with Crippen LogP contribution in [0.15, 0.2) is 56.1 Å². The summed E-state index contributed by atoms with van der Waals surface area (Å²) in [5.74, 6) is 0. The molecule has 1 fully saturated rings. The van der Waals surface area contributed by atoms with Gasteiger partial charge in [-0.2, -0.15) is 0 Å². The normalized spacial score (nSPS) is 15.3. The fraction of sp³-hybridized carbons (Fsp3) is 0.286. The number of fused-ring (bicyclic) bond motifs is 1. The predicted octanol–water partition coefficient (Wildman–Crippen LogP) is 3.12. The first-order chi connectivity index (χ1) is 13.2. The average Bonchev–Trinajstić information content (AvgIpc) is 2.69. The van der Waals surface area contributed by atoms with Crippen LogP contribution in [0.1, 0.15) is 11.1 Å². The van der Waals surface area contributed by atoms with Gasteiger partial charge < -0.3 is 14.8 Å². The smallest absolute Gasteiger partial charge is 0.341 e. The number of rotatable bonds is 4. The molecule has 6 heteroatoms. The fourth-order valence-corrected chi connectivity index (χ4v) is 4.09. The van der Waals surface area contributed by atoms with Gasteiger partial charge in [-0.05, 0) is 23.3 Å². The summed E-state index contributed by atoms with van der Waals surface area (Å²) in [5.41, 5.74) is 3.64. The summed E-state index contributed by atoms with van der Waals surface area (Å²) >= 11 is 3.53. The Kier molecular flexibility index (Phi) is 5.41. The SMILES string of the molecule is O=c1oc2ccccc2c(-c2ccc(CO)c(Br)c2)c1CN1CCNCC1. The molecule has 27 heavy (non-hydrogen) atoms. The lowest BCUT2D eigenvalue weighted by Gasteiger charge is -2.27. The van der Waals surface area contributed by atoms with Crippen molar-refractivity contribution in [2.75, 3.05) is 26.2 Å². The minimum atomic E-state index is -0.287. The lowest BCUT2D eigenvalue weighted by Crippen LogP contribution is -2.43. The lowest BCUT2D eigenvalue weighted by atomic mass is 9.96. The third kappa shape index (κ3) is 3.71. The van der Waals surface area contributed by atoms with Gasteiger partial charge in [-0.1, -0.05) is 46.3 Å². The first-order valence-electron chi connectivity index (χ1n) is 9.05. The van der Waals surface area contributed by atoms with Crippen LogP contribution >= 0.6 is 15.9 Å². The van der Waals surface area contributed by atoms with Gasteiger partial charge in [0.2, 0.25) is 0 Å². The lowest BCUT2D eigenvalue weighted by molar-refractivity contribution is 0.231. The van der Waals surface area contributed by atoms with Crippen LogP contribution in [0, 0.1) is 0 Å². The summed E-state index contributed by atoms with van der Waals surface area (Å²) in [7, 11) is 0. The fourth-order valence-electron chi connectivity index (χ4n) is 3.59. The van der Waals surface area contributed by atoms with E-state index in [1.807, 2.05) is 42.5 Å². The van der Waals surface area contributed by atoms with Gasteiger partial charge in [-0.15, -0.1) is 0 Å². The Labute approximate surface area is 165 Å². The van der Waals surface area contributed by atoms with E-state index in [-0.39, 0.29) is 12.2 Å². The Balaban J connectivity index is 1.91. The average molecular weight is 429 g/mol. The predicted molar refractivity (Wildman–Crippen MR) is 110 cm³/mol. The molecule has 3 aromatic rings. The van der Waals surface area contributed by atoms with Gasteiger partial charge >= 0.3 is 5.63 Å². The summed E-state index contributed by atoms with van der Waals surface area (Å²) in [6, 6.07) is 13.5. The number of para-hydroxylation sites is 1. The molecule has 0 unspecified atom stereocenters. The maximum atomic E-state index is 12.8. The van der Waals surface area contributed by atoms with Gasteiger partial charge in [0.05, 0.1) is 12.2 Å². The highest BCUT2D eigenvalue weighted by Gasteiger charge is 2.20. The number of halogens is 1. The molecule has 2 heterocycles. The summed E-state index contributed by atoms with van der Waals surface area (Å²) in [4.78, 5) is 15.1. The number of piperazine rings is 1. The van der Waals surface area contributed by atoms with Crippen molar-refractivity contribution >= 4 is 26.9 Å². The van der Waals surface area contributed by atoms with Crippen molar-refractivity contribution in [2.45, 2.75) is 13.2 Å². The molecule has 2 N–H and O–H groups in total. The minimum Gasteiger partial charge on any atom is -0.422 e. The largest absolute Gasteiger partial charge is 0.422 e. The van der Waals surface area contributed by atoms with Crippen molar-refractivity contribution < 1.29 is 9.52 Å². The number of nitrogens with one attached hydrogen (secondary N) is 1. The number of aliphatic hydroxyl groups excluding tert-OH is 1. The van der Waals surface area contributed by atoms with Gasteiger partial charge in [0.1, 0.15) is 5.58 Å². The monoisotopic (exact) mass is 428 g/mol. The van der Waals surface area contributed by atoms with Crippen LogP contribution < -0.4 is 10.9 Å². The van der Waals surface area contributed by atoms with Gasteiger partial charge in [0, 0.05) is 48.1 Å². The van der Waals surface area contributed by atoms with Crippen LogP contribution in [-0.2, 0) is 13.2 Å². The van der Waals surface area contributed by atoms with Gasteiger partial charge in [0.15, 0.2) is 0 Å². The highest BCUT2D eigenvalue weighted by molar-refractivity contribution is 9.10. The maximum Gasteiger partial charge on any atom is 0.341 e. The van der Waals surface area contributed by atoms with E-state index in [1.165, 1.54) is 0 Å². The number of hydrogen-bond donors (Lipinski definition) is 2. The highest BCUT2D eigenvalue weighted by atomic mass is 79.9. The molecule has 0 radical (unpaired) electrons. The molecule has 140 valence electrons. The number of nitrogens with zero attached hydrogens (tertiary/aromatic N) is 1. The Morgan fingerprint density at radius 3 is 2.67 bits per heavy atom. The molecular weight excluding hydrogens is 408 g/mol. The number of hydrogen-bond acceptors (Lipinski definition) is 5. The van der Waals surface area contributed by atoms with Crippen molar-refractivity contribution in [3.8, 4) is 11.1 Å². The van der Waals surface area contributed by atoms with E-state index in [4.69, 9.17) is 4.42 Å². The molecule has 0 saturated carbocycles. The molecular formula is C21H21BrN2O3. The quantitative estimate of drug-likeness (QED) is 0.624. The molecule has 2 aromatic carbocycles. The summed E-state index contributed by atoms with van der Waals surface area (Å²) in [6.07, 6.45) is 0. The van der Waals surface area contributed by atoms with Crippen molar-refractivity contribution in [1.29, 1.82) is 0 Å². The van der Waals surface area contributed by atoms with Crippen molar-refractivity contribution in [2.24, 2.45) is 0 Å². The molecule has 5 nitrogen and oxygen atoms in total. The van der Waals surface area contributed by atoms with E-state index in [2.05, 4.69) is 26.1 Å². The zero-order chi connectivity index (χ0) is 18.8. The Hall–Kier alpha value is -1.99. The third-order valence-corrected chi connectivity index (χ3v) is 5.75. The summed E-state index contributed by atoms with van der Waals surface area (Å²) < 4.78 is 6.45. The van der Waals surface area contributed by atoms with Crippen molar-refractivity contribution in [3.05, 3.63) is 68.5 Å². The Morgan fingerprint density at radius 1 is 1.15 bits per heavy atom. The van der Waals surface area contributed by atoms with Gasteiger partial charge in [-0.25, -0.2) is 4.79 Å². The van der Waals surface area contributed by atoms with E-state index in [0.717, 1.165) is 52.7 Å². The van der Waals surface area contributed by atoms with Gasteiger partial charge in [0.25, 0.3) is 0 Å². The van der Waals surface area contributed by atoms with Crippen LogP contribution in [0.5, 0.6) is 0 Å². The van der Waals surface area contributed by atoms with E-state index in [0.29, 0.717) is 17.7 Å². The topological polar surface area (TPSA) is 65.7 Å². The summed E-state index contributed by atoms with van der Waals surface area (Å²) in [6.45, 7) is 4.17. The second kappa shape index (κ2) is 7.94. The standard InChI is InChI=1S/C21H21BrN2O3/c22-18-11-14(5-6-15(18)13-25)20-16-3-1-2-4-19(16)27-21(26)17(20)12-24-9-7-23-8-10-24/h1-6,11,23,25H,7-10,12-13H2. The summed E-state index contributed by atoms with van der Waals surface area (Å²) in [5, 5.41) is 13.7. The van der Waals surface area contributed by atoms with Gasteiger partial charge in [-0.3, -0.25) is 4.90 Å². The first kappa shape index (κ1) is 18.4. The minimum absolute atomic E-state index is 0.0355. The van der Waals surface area contributed by atoms with Crippen LogP contribution in [0.25, 0.3) is 22.1 Å². The van der Waals surface area contributed by atoms with Crippen LogP contribution in [0.2, 0.25) is 0 Å². The van der Waals surface area contributed by atoms with Crippen molar-refractivity contribution in [1.82, 2.24) is 10.2 Å². The Morgan fingerprint density at radius 2 is 1.93 bits per heavy atom. The van der Waals surface area contributed by atoms with Crippen LogP contribution in [-0.4, -0.2) is 36.2 Å². The number of benzene rings is 2. The van der Waals surface area contributed by atoms with E-state index >= 15 is 0 Å². The Bertz CT molecular complexity index is 1030. The molecule has 0 spiro atoms. The molecule has 1 aliphatic rings. The van der Waals surface area contributed by atoms with Crippen LogP contribution in [0.3, 0.4) is 0 Å². The highest BCUT2D eigenvalue weighted by Crippen LogP contribution is 2.33. The first-order valence-corrected chi connectivity index (χ1v) is 9.84.